The Morgan fingerprint density at radius 3 is 2.58 bits per heavy atom. The van der Waals surface area contributed by atoms with E-state index in [0.717, 1.165) is 43.9 Å². The van der Waals surface area contributed by atoms with E-state index >= 15 is 0 Å². The fourth-order valence-electron chi connectivity index (χ4n) is 5.08. The van der Waals surface area contributed by atoms with Gasteiger partial charge in [0.2, 0.25) is 0 Å². The molecule has 166 valence electrons. The Kier molecular flexibility index (Phi) is 6.39. The Hall–Kier alpha value is -2.31. The molecule has 3 aliphatic rings. The number of rotatable bonds is 6. The van der Waals surface area contributed by atoms with Crippen LogP contribution in [0.1, 0.15) is 45.1 Å². The normalized spacial score (nSPS) is 27.5. The van der Waals surface area contributed by atoms with Gasteiger partial charge in [-0.15, -0.1) is 0 Å². The summed E-state index contributed by atoms with van der Waals surface area (Å²) in [5.74, 6) is 1.06. The second-order valence-electron chi connectivity index (χ2n) is 9.16. The average molecular weight is 425 g/mol. The van der Waals surface area contributed by atoms with E-state index in [2.05, 4.69) is 28.1 Å². The van der Waals surface area contributed by atoms with Gasteiger partial charge in [0.15, 0.2) is 5.54 Å². The van der Waals surface area contributed by atoms with Crippen molar-refractivity contribution in [2.24, 2.45) is 16.6 Å². The maximum absolute atomic E-state index is 13.3. The standard InChI is InChI=1S/C25H33FN4O/c1-18-28-25(2,21-7-9-22(26)10-8-21)24(31)30(18)14-4-13-29-15-11-19(12-16-29)20-5-3-6-23(27)17-20/h3,5-10,19,23H,4,11-17,27H2,1-2H3/t23?,25-/m1/s1. The van der Waals surface area contributed by atoms with Crippen LogP contribution in [-0.4, -0.2) is 53.8 Å². The predicted octanol–water partition coefficient (Wildman–Crippen LogP) is 3.62. The zero-order valence-electron chi connectivity index (χ0n) is 18.6. The molecule has 0 radical (unpaired) electrons. The van der Waals surface area contributed by atoms with Gasteiger partial charge in [-0.2, -0.15) is 0 Å². The maximum Gasteiger partial charge on any atom is 0.260 e. The first-order chi connectivity index (χ1) is 14.9. The lowest BCUT2D eigenvalue weighted by Crippen LogP contribution is -2.41. The van der Waals surface area contributed by atoms with Crippen molar-refractivity contribution < 1.29 is 9.18 Å². The zero-order chi connectivity index (χ0) is 22.0. The minimum Gasteiger partial charge on any atom is -0.324 e. The van der Waals surface area contributed by atoms with E-state index in [0.29, 0.717) is 12.5 Å². The molecule has 1 aliphatic carbocycles. The van der Waals surface area contributed by atoms with E-state index in [1.165, 1.54) is 30.5 Å². The molecule has 1 saturated heterocycles. The molecular formula is C25H33FN4O. The van der Waals surface area contributed by atoms with E-state index in [4.69, 9.17) is 5.73 Å². The summed E-state index contributed by atoms with van der Waals surface area (Å²) in [4.78, 5) is 22.1. The molecule has 31 heavy (non-hydrogen) atoms. The van der Waals surface area contributed by atoms with E-state index in [9.17, 15) is 9.18 Å². The number of amidine groups is 1. The highest BCUT2D eigenvalue weighted by Gasteiger charge is 2.44. The van der Waals surface area contributed by atoms with Gasteiger partial charge in [0, 0.05) is 12.6 Å². The van der Waals surface area contributed by atoms with Crippen LogP contribution < -0.4 is 5.73 Å². The summed E-state index contributed by atoms with van der Waals surface area (Å²) >= 11 is 0. The fourth-order valence-corrected chi connectivity index (χ4v) is 5.08. The lowest BCUT2D eigenvalue weighted by atomic mass is 9.84. The van der Waals surface area contributed by atoms with Gasteiger partial charge in [-0.25, -0.2) is 4.39 Å². The number of benzene rings is 1. The van der Waals surface area contributed by atoms with Crippen molar-refractivity contribution in [3.8, 4) is 0 Å². The molecule has 0 spiro atoms. The van der Waals surface area contributed by atoms with Gasteiger partial charge in [-0.3, -0.25) is 14.7 Å². The minimum absolute atomic E-state index is 0.0241. The molecule has 0 aromatic heterocycles. The van der Waals surface area contributed by atoms with Crippen molar-refractivity contribution in [1.82, 2.24) is 9.80 Å². The van der Waals surface area contributed by atoms with Crippen LogP contribution in [0.15, 0.2) is 53.1 Å². The van der Waals surface area contributed by atoms with E-state index < -0.39 is 5.54 Å². The van der Waals surface area contributed by atoms with Crippen LogP contribution in [0.25, 0.3) is 0 Å². The smallest absolute Gasteiger partial charge is 0.260 e. The third-order valence-electron chi connectivity index (χ3n) is 6.95. The number of nitrogens with two attached hydrogens (primary N) is 1. The molecule has 0 saturated carbocycles. The van der Waals surface area contributed by atoms with Gasteiger partial charge in [-0.05, 0) is 82.8 Å². The van der Waals surface area contributed by atoms with Crippen molar-refractivity contribution in [3.05, 3.63) is 59.4 Å². The average Bonchev–Trinajstić information content (AvgIpc) is 2.98. The van der Waals surface area contributed by atoms with Crippen LogP contribution in [0.2, 0.25) is 0 Å². The van der Waals surface area contributed by atoms with Crippen molar-refractivity contribution in [1.29, 1.82) is 0 Å². The first-order valence-electron chi connectivity index (χ1n) is 11.4. The molecule has 1 aromatic rings. The molecule has 2 aliphatic heterocycles. The van der Waals surface area contributed by atoms with E-state index in [1.807, 2.05) is 13.8 Å². The number of amides is 1. The number of likely N-dealkylation sites (tertiary alicyclic amines) is 1. The summed E-state index contributed by atoms with van der Waals surface area (Å²) in [5, 5.41) is 0. The molecular weight excluding hydrogens is 391 g/mol. The second-order valence-corrected chi connectivity index (χ2v) is 9.16. The van der Waals surface area contributed by atoms with Crippen LogP contribution in [0.3, 0.4) is 0 Å². The number of carbonyl (C=O) groups excluding carboxylic acids is 1. The predicted molar refractivity (Wildman–Crippen MR) is 122 cm³/mol. The molecule has 1 aromatic carbocycles. The quantitative estimate of drug-likeness (QED) is 0.759. The van der Waals surface area contributed by atoms with Crippen LogP contribution >= 0.6 is 0 Å². The van der Waals surface area contributed by atoms with Crippen molar-refractivity contribution in [2.75, 3.05) is 26.2 Å². The lowest BCUT2D eigenvalue weighted by molar-refractivity contribution is -0.131. The molecule has 2 atom stereocenters. The minimum atomic E-state index is -0.959. The first kappa shape index (κ1) is 21.9. The molecule has 1 unspecified atom stereocenters. The highest BCUT2D eigenvalue weighted by Crippen LogP contribution is 2.34. The van der Waals surface area contributed by atoms with Crippen molar-refractivity contribution >= 4 is 11.7 Å². The number of allylic oxidation sites excluding steroid dienone is 2. The monoisotopic (exact) mass is 424 g/mol. The molecule has 5 nitrogen and oxygen atoms in total. The number of hydrogen-bond acceptors (Lipinski definition) is 4. The molecule has 6 heteroatoms. The molecule has 2 heterocycles. The van der Waals surface area contributed by atoms with Gasteiger partial charge >= 0.3 is 0 Å². The largest absolute Gasteiger partial charge is 0.324 e. The SMILES string of the molecule is CC1=N[C@](C)(c2ccc(F)cc2)C(=O)N1CCCN1CCC(C2=CC=CC(N)C2)CC1. The Bertz CT molecular complexity index is 899. The zero-order valence-corrected chi connectivity index (χ0v) is 18.6. The summed E-state index contributed by atoms with van der Waals surface area (Å²) in [7, 11) is 0. The van der Waals surface area contributed by atoms with E-state index in [-0.39, 0.29) is 17.8 Å². The van der Waals surface area contributed by atoms with Crippen LogP contribution in [-0.2, 0) is 10.3 Å². The van der Waals surface area contributed by atoms with Gasteiger partial charge in [-0.1, -0.05) is 35.9 Å². The Labute approximate surface area is 184 Å². The van der Waals surface area contributed by atoms with Gasteiger partial charge < -0.3 is 10.6 Å². The number of hydrogen-bond donors (Lipinski definition) is 1. The van der Waals surface area contributed by atoms with Gasteiger partial charge in [0.05, 0.1) is 0 Å². The topological polar surface area (TPSA) is 61.9 Å². The van der Waals surface area contributed by atoms with Crippen LogP contribution in [0.5, 0.6) is 0 Å². The van der Waals surface area contributed by atoms with Gasteiger partial charge in [0.1, 0.15) is 11.7 Å². The number of nitrogens with zero attached hydrogens (tertiary/aromatic N) is 3. The maximum atomic E-state index is 13.3. The summed E-state index contributed by atoms with van der Waals surface area (Å²) < 4.78 is 13.3. The van der Waals surface area contributed by atoms with Crippen LogP contribution in [0, 0.1) is 11.7 Å². The fraction of sp³-hybridized carbons (Fsp3) is 0.520. The molecule has 4 rings (SSSR count). The Balaban J connectivity index is 1.26. The lowest BCUT2D eigenvalue weighted by Gasteiger charge is -2.34. The van der Waals surface area contributed by atoms with Crippen molar-refractivity contribution in [3.63, 3.8) is 0 Å². The summed E-state index contributed by atoms with van der Waals surface area (Å²) in [6, 6.07) is 6.25. The van der Waals surface area contributed by atoms with Gasteiger partial charge in [0.25, 0.3) is 5.91 Å². The number of aliphatic imine (C=N–C) groups is 1. The van der Waals surface area contributed by atoms with E-state index in [1.54, 1.807) is 17.0 Å². The third kappa shape index (κ3) is 4.65. The third-order valence-corrected chi connectivity index (χ3v) is 6.95. The molecule has 0 bridgehead atoms. The van der Waals surface area contributed by atoms with Crippen LogP contribution in [0.4, 0.5) is 4.39 Å². The summed E-state index contributed by atoms with van der Waals surface area (Å²) in [6.07, 6.45) is 10.7. The Morgan fingerprint density at radius 2 is 1.90 bits per heavy atom. The molecule has 1 amide bonds. The first-order valence-corrected chi connectivity index (χ1v) is 11.4. The Morgan fingerprint density at radius 1 is 1.19 bits per heavy atom. The highest BCUT2D eigenvalue weighted by molar-refractivity contribution is 6.07. The summed E-state index contributed by atoms with van der Waals surface area (Å²) in [6.45, 7) is 7.53. The molecule has 1 fully saturated rings. The highest BCUT2D eigenvalue weighted by atomic mass is 19.1. The number of piperidine rings is 1. The second kappa shape index (κ2) is 9.05. The van der Waals surface area contributed by atoms with Crippen molar-refractivity contribution in [2.45, 2.75) is 51.1 Å². The number of halogens is 1. The number of carbonyl (C=O) groups is 1. The molecule has 2 N–H and O–H groups in total. The summed E-state index contributed by atoms with van der Waals surface area (Å²) in [5.41, 5.74) is 7.35.